The van der Waals surface area contributed by atoms with Gasteiger partial charge in [-0.15, -0.1) is 0 Å². The fourth-order valence-electron chi connectivity index (χ4n) is 2.66. The minimum atomic E-state index is -0.0529. The van der Waals surface area contributed by atoms with Crippen LogP contribution in [0, 0.1) is 0 Å². The van der Waals surface area contributed by atoms with Gasteiger partial charge in [0, 0.05) is 11.1 Å². The molecule has 0 aliphatic carbocycles. The second-order valence-corrected chi connectivity index (χ2v) is 6.89. The van der Waals surface area contributed by atoms with Gasteiger partial charge in [-0.1, -0.05) is 52.3 Å². The fraction of sp³-hybridized carbons (Fsp3) is 0.333. The second-order valence-electron chi connectivity index (χ2n) is 5.97. The highest BCUT2D eigenvalue weighted by atomic mass is 79.9. The predicted octanol–water partition coefficient (Wildman–Crippen LogP) is 5.54. The molecule has 1 aliphatic heterocycles. The van der Waals surface area contributed by atoms with E-state index in [0.717, 1.165) is 40.8 Å². The summed E-state index contributed by atoms with van der Waals surface area (Å²) in [6.07, 6.45) is 7.44. The van der Waals surface area contributed by atoms with Gasteiger partial charge in [-0.2, -0.15) is 0 Å². The SMILES string of the molecule is Brc1cccc(C=Cc2ccc(OCCOC3CCCCO3)cc2)c1. The van der Waals surface area contributed by atoms with Gasteiger partial charge >= 0.3 is 0 Å². The first-order chi connectivity index (χ1) is 12.3. The van der Waals surface area contributed by atoms with Crippen molar-refractivity contribution in [2.75, 3.05) is 19.8 Å². The van der Waals surface area contributed by atoms with Crippen molar-refractivity contribution in [3.8, 4) is 5.75 Å². The summed E-state index contributed by atoms with van der Waals surface area (Å²) in [4.78, 5) is 0. The van der Waals surface area contributed by atoms with Crippen molar-refractivity contribution in [2.24, 2.45) is 0 Å². The molecule has 4 heteroatoms. The molecular weight excluding hydrogens is 380 g/mol. The lowest BCUT2D eigenvalue weighted by molar-refractivity contribution is -0.165. The molecule has 0 radical (unpaired) electrons. The molecule has 0 aromatic heterocycles. The molecule has 25 heavy (non-hydrogen) atoms. The highest BCUT2D eigenvalue weighted by molar-refractivity contribution is 9.10. The Kier molecular flexibility index (Phi) is 7.10. The topological polar surface area (TPSA) is 27.7 Å². The van der Waals surface area contributed by atoms with Crippen molar-refractivity contribution in [1.82, 2.24) is 0 Å². The smallest absolute Gasteiger partial charge is 0.157 e. The van der Waals surface area contributed by atoms with E-state index in [1.165, 1.54) is 6.42 Å². The Balaban J connectivity index is 1.42. The van der Waals surface area contributed by atoms with Crippen LogP contribution in [0.1, 0.15) is 30.4 Å². The van der Waals surface area contributed by atoms with E-state index in [0.29, 0.717) is 13.2 Å². The Bertz CT molecular complexity index is 676. The molecule has 0 N–H and O–H groups in total. The summed E-state index contributed by atoms with van der Waals surface area (Å²) in [6.45, 7) is 1.89. The molecule has 2 aromatic rings. The van der Waals surface area contributed by atoms with Gasteiger partial charge in [0.05, 0.1) is 6.61 Å². The summed E-state index contributed by atoms with van der Waals surface area (Å²) in [6, 6.07) is 16.3. The predicted molar refractivity (Wildman–Crippen MR) is 105 cm³/mol. The second kappa shape index (κ2) is 9.76. The van der Waals surface area contributed by atoms with Crippen LogP contribution in [-0.2, 0) is 9.47 Å². The third kappa shape index (κ3) is 6.31. The number of ether oxygens (including phenoxy) is 3. The van der Waals surface area contributed by atoms with Gasteiger partial charge in [-0.25, -0.2) is 0 Å². The van der Waals surface area contributed by atoms with Crippen molar-refractivity contribution in [3.63, 3.8) is 0 Å². The van der Waals surface area contributed by atoms with Gasteiger partial charge < -0.3 is 14.2 Å². The molecule has 0 bridgehead atoms. The summed E-state index contributed by atoms with van der Waals surface area (Å²) in [5.41, 5.74) is 2.30. The molecule has 1 unspecified atom stereocenters. The molecule has 0 amide bonds. The van der Waals surface area contributed by atoms with Crippen LogP contribution in [0.15, 0.2) is 53.0 Å². The van der Waals surface area contributed by atoms with E-state index < -0.39 is 0 Å². The molecule has 2 aromatic carbocycles. The van der Waals surface area contributed by atoms with E-state index >= 15 is 0 Å². The van der Waals surface area contributed by atoms with E-state index in [9.17, 15) is 0 Å². The van der Waals surface area contributed by atoms with E-state index in [1.807, 2.05) is 24.3 Å². The summed E-state index contributed by atoms with van der Waals surface area (Å²) in [5, 5.41) is 0. The first kappa shape index (κ1) is 18.2. The Labute approximate surface area is 157 Å². The lowest BCUT2D eigenvalue weighted by Crippen LogP contribution is -2.24. The molecular formula is C21H23BrO3. The maximum absolute atomic E-state index is 5.72. The fourth-order valence-corrected chi connectivity index (χ4v) is 3.08. The van der Waals surface area contributed by atoms with Crippen molar-refractivity contribution >= 4 is 28.1 Å². The van der Waals surface area contributed by atoms with Crippen LogP contribution in [-0.4, -0.2) is 26.1 Å². The standard InChI is InChI=1S/C21H23BrO3/c22-19-5-3-4-18(16-19)8-7-17-9-11-20(12-10-17)23-14-15-25-21-6-1-2-13-24-21/h3-5,7-12,16,21H,1-2,6,13-15H2. The monoisotopic (exact) mass is 402 g/mol. The third-order valence-corrected chi connectivity index (χ3v) is 4.48. The number of benzene rings is 2. The van der Waals surface area contributed by atoms with Gasteiger partial charge in [-0.05, 0) is 54.7 Å². The number of hydrogen-bond donors (Lipinski definition) is 0. The maximum Gasteiger partial charge on any atom is 0.157 e. The van der Waals surface area contributed by atoms with Crippen LogP contribution >= 0.6 is 15.9 Å². The number of hydrogen-bond acceptors (Lipinski definition) is 3. The zero-order valence-electron chi connectivity index (χ0n) is 14.2. The number of halogens is 1. The molecule has 3 rings (SSSR count). The van der Waals surface area contributed by atoms with Crippen LogP contribution in [0.4, 0.5) is 0 Å². The van der Waals surface area contributed by atoms with Crippen molar-refractivity contribution < 1.29 is 14.2 Å². The van der Waals surface area contributed by atoms with Gasteiger partial charge in [0.15, 0.2) is 6.29 Å². The van der Waals surface area contributed by atoms with Gasteiger partial charge in [-0.3, -0.25) is 0 Å². The van der Waals surface area contributed by atoms with Gasteiger partial charge in [0.25, 0.3) is 0 Å². The molecule has 1 heterocycles. The summed E-state index contributed by atoms with van der Waals surface area (Å²) < 4.78 is 18.0. The van der Waals surface area contributed by atoms with E-state index in [2.05, 4.69) is 52.3 Å². The lowest BCUT2D eigenvalue weighted by atomic mass is 10.1. The summed E-state index contributed by atoms with van der Waals surface area (Å²) >= 11 is 3.48. The van der Waals surface area contributed by atoms with Crippen LogP contribution in [0.3, 0.4) is 0 Å². The summed E-state index contributed by atoms with van der Waals surface area (Å²) in [7, 11) is 0. The minimum absolute atomic E-state index is 0.0529. The normalized spacial score (nSPS) is 17.7. The zero-order valence-corrected chi connectivity index (χ0v) is 15.8. The highest BCUT2D eigenvalue weighted by Crippen LogP contribution is 2.17. The summed E-state index contributed by atoms with van der Waals surface area (Å²) in [5.74, 6) is 0.854. The maximum atomic E-state index is 5.72. The largest absolute Gasteiger partial charge is 0.491 e. The molecule has 0 spiro atoms. The van der Waals surface area contributed by atoms with Crippen molar-refractivity contribution in [1.29, 1.82) is 0 Å². The van der Waals surface area contributed by atoms with Crippen LogP contribution in [0.2, 0.25) is 0 Å². The minimum Gasteiger partial charge on any atom is -0.491 e. The Morgan fingerprint density at radius 3 is 2.60 bits per heavy atom. The zero-order chi connectivity index (χ0) is 17.3. The van der Waals surface area contributed by atoms with Gasteiger partial charge in [0.2, 0.25) is 0 Å². The average molecular weight is 403 g/mol. The molecule has 1 fully saturated rings. The highest BCUT2D eigenvalue weighted by Gasteiger charge is 2.13. The Morgan fingerprint density at radius 1 is 1.00 bits per heavy atom. The third-order valence-electron chi connectivity index (χ3n) is 3.99. The van der Waals surface area contributed by atoms with Crippen molar-refractivity contribution in [2.45, 2.75) is 25.6 Å². The molecule has 0 saturated carbocycles. The Morgan fingerprint density at radius 2 is 1.84 bits per heavy atom. The molecule has 1 aliphatic rings. The van der Waals surface area contributed by atoms with Crippen LogP contribution in [0.5, 0.6) is 5.75 Å². The van der Waals surface area contributed by atoms with E-state index in [4.69, 9.17) is 14.2 Å². The van der Waals surface area contributed by atoms with Gasteiger partial charge in [0.1, 0.15) is 12.4 Å². The van der Waals surface area contributed by atoms with Crippen molar-refractivity contribution in [3.05, 3.63) is 64.1 Å². The van der Waals surface area contributed by atoms with Crippen LogP contribution in [0.25, 0.3) is 12.2 Å². The molecule has 3 nitrogen and oxygen atoms in total. The molecule has 132 valence electrons. The van der Waals surface area contributed by atoms with Crippen LogP contribution < -0.4 is 4.74 Å². The quantitative estimate of drug-likeness (QED) is 0.449. The first-order valence-electron chi connectivity index (χ1n) is 8.69. The first-order valence-corrected chi connectivity index (χ1v) is 9.49. The van der Waals surface area contributed by atoms with E-state index in [-0.39, 0.29) is 6.29 Å². The lowest BCUT2D eigenvalue weighted by Gasteiger charge is -2.22. The Hall–Kier alpha value is -1.62. The van der Waals surface area contributed by atoms with E-state index in [1.54, 1.807) is 0 Å². The molecule has 1 atom stereocenters. The molecule has 1 saturated heterocycles. The number of rotatable bonds is 7. The average Bonchev–Trinajstić information content (AvgIpc) is 2.65.